The molecule has 2 fully saturated rings. The number of guanidine groups is 1. The monoisotopic (exact) mass is 495 g/mol. The minimum Gasteiger partial charge on any atom is -0.379 e. The molecule has 160 valence electrons. The van der Waals surface area contributed by atoms with Crippen LogP contribution in [0, 0.1) is 11.8 Å². The lowest BCUT2D eigenvalue weighted by Gasteiger charge is -2.35. The number of hydrogen-bond donors (Lipinski definition) is 1. The second-order valence-corrected chi connectivity index (χ2v) is 7.97. The van der Waals surface area contributed by atoms with Gasteiger partial charge in [-0.3, -0.25) is 4.99 Å². The predicted octanol–water partition coefficient (Wildman–Crippen LogP) is 2.20. The molecule has 1 saturated carbocycles. The second-order valence-electron chi connectivity index (χ2n) is 7.97. The van der Waals surface area contributed by atoms with Gasteiger partial charge in [-0.25, -0.2) is 0 Å². The lowest BCUT2D eigenvalue weighted by atomic mass is 10.1. The Morgan fingerprint density at radius 2 is 1.85 bits per heavy atom. The van der Waals surface area contributed by atoms with E-state index in [0.29, 0.717) is 5.92 Å². The van der Waals surface area contributed by atoms with E-state index in [2.05, 4.69) is 47.8 Å². The van der Waals surface area contributed by atoms with Crippen molar-refractivity contribution in [1.82, 2.24) is 20.0 Å². The summed E-state index contributed by atoms with van der Waals surface area (Å²) in [4.78, 5) is 12.2. The first-order chi connectivity index (χ1) is 12.6. The highest BCUT2D eigenvalue weighted by Gasteiger charge is 2.21. The number of ether oxygens (including phenoxy) is 1. The van der Waals surface area contributed by atoms with Gasteiger partial charge in [0.25, 0.3) is 0 Å². The molecular weight excluding hydrogens is 453 g/mol. The van der Waals surface area contributed by atoms with E-state index in [1.165, 1.54) is 45.6 Å². The topological polar surface area (TPSA) is 43.3 Å². The van der Waals surface area contributed by atoms with Gasteiger partial charge in [0.2, 0.25) is 0 Å². The van der Waals surface area contributed by atoms with Crippen LogP contribution in [-0.4, -0.2) is 99.8 Å². The molecule has 1 atom stereocenters. The molecule has 1 aliphatic carbocycles. The third-order valence-electron chi connectivity index (χ3n) is 5.35. The van der Waals surface area contributed by atoms with Crippen molar-refractivity contribution in [1.29, 1.82) is 0 Å². The molecule has 0 bridgehead atoms. The van der Waals surface area contributed by atoms with Crippen molar-refractivity contribution in [3.8, 4) is 0 Å². The van der Waals surface area contributed by atoms with E-state index in [1.807, 2.05) is 0 Å². The van der Waals surface area contributed by atoms with E-state index in [4.69, 9.17) is 9.73 Å². The number of likely N-dealkylation sites (N-methyl/N-ethyl adjacent to an activating group) is 2. The molecule has 0 aromatic rings. The first kappa shape index (κ1) is 24.9. The normalized spacial score (nSPS) is 20.2. The second kappa shape index (κ2) is 14.0. The Hall–Kier alpha value is -0.120. The van der Waals surface area contributed by atoms with Crippen LogP contribution < -0.4 is 5.32 Å². The lowest BCUT2D eigenvalue weighted by molar-refractivity contribution is 0.115. The summed E-state index contributed by atoms with van der Waals surface area (Å²) in [7, 11) is 2.11. The summed E-state index contributed by atoms with van der Waals surface area (Å²) in [5.74, 6) is 2.42. The van der Waals surface area contributed by atoms with Gasteiger partial charge in [0.15, 0.2) is 5.96 Å². The first-order valence-corrected chi connectivity index (χ1v) is 10.6. The highest BCUT2D eigenvalue weighted by molar-refractivity contribution is 14.0. The van der Waals surface area contributed by atoms with Gasteiger partial charge in [-0.15, -0.1) is 24.0 Å². The molecule has 1 heterocycles. The molecule has 2 aliphatic rings. The summed E-state index contributed by atoms with van der Waals surface area (Å²) in [5, 5.41) is 3.42. The fourth-order valence-electron chi connectivity index (χ4n) is 3.34. The van der Waals surface area contributed by atoms with Crippen LogP contribution in [-0.2, 0) is 4.74 Å². The number of halogens is 1. The van der Waals surface area contributed by atoms with Gasteiger partial charge in [-0.05, 0) is 38.1 Å². The van der Waals surface area contributed by atoms with Gasteiger partial charge in [0, 0.05) is 66.0 Å². The quantitative estimate of drug-likeness (QED) is 0.206. The molecular formula is C20H42IN5O. The standard InChI is InChI=1S/C20H41N5O.HI/c1-5-21-20(23(4)13-14-26-17-19-7-8-19)22-15-18(3)16-25-11-9-24(6-2)10-12-25;/h18-19H,5-17H2,1-4H3,(H,21,22);1H. The van der Waals surface area contributed by atoms with E-state index in [1.54, 1.807) is 0 Å². The molecule has 1 aliphatic heterocycles. The summed E-state index contributed by atoms with van der Waals surface area (Å²) in [6.45, 7) is 18.2. The molecule has 6 nitrogen and oxygen atoms in total. The summed E-state index contributed by atoms with van der Waals surface area (Å²) >= 11 is 0. The van der Waals surface area contributed by atoms with Gasteiger partial charge >= 0.3 is 0 Å². The van der Waals surface area contributed by atoms with Crippen LogP contribution in [0.2, 0.25) is 0 Å². The minimum atomic E-state index is 0. The van der Waals surface area contributed by atoms with Crippen LogP contribution in [0.15, 0.2) is 4.99 Å². The highest BCUT2D eigenvalue weighted by Crippen LogP contribution is 2.28. The Labute approximate surface area is 184 Å². The fraction of sp³-hybridized carbons (Fsp3) is 0.950. The summed E-state index contributed by atoms with van der Waals surface area (Å²) in [6, 6.07) is 0. The summed E-state index contributed by atoms with van der Waals surface area (Å²) < 4.78 is 5.77. The number of nitrogens with one attached hydrogen (secondary N) is 1. The van der Waals surface area contributed by atoms with Crippen molar-refractivity contribution in [2.24, 2.45) is 16.8 Å². The maximum absolute atomic E-state index is 5.77. The van der Waals surface area contributed by atoms with E-state index < -0.39 is 0 Å². The van der Waals surface area contributed by atoms with Crippen LogP contribution in [0.1, 0.15) is 33.6 Å². The zero-order chi connectivity index (χ0) is 18.8. The van der Waals surface area contributed by atoms with Gasteiger partial charge in [-0.2, -0.15) is 0 Å². The average Bonchev–Trinajstić information content (AvgIpc) is 3.47. The Kier molecular flexibility index (Phi) is 12.9. The largest absolute Gasteiger partial charge is 0.379 e. The van der Waals surface area contributed by atoms with Crippen molar-refractivity contribution in [2.45, 2.75) is 33.6 Å². The number of nitrogens with zero attached hydrogens (tertiary/aromatic N) is 4. The lowest BCUT2D eigenvalue weighted by Crippen LogP contribution is -2.47. The SMILES string of the molecule is CCNC(=NCC(C)CN1CCN(CC)CC1)N(C)CCOCC1CC1.I. The smallest absolute Gasteiger partial charge is 0.193 e. The molecule has 27 heavy (non-hydrogen) atoms. The van der Waals surface area contributed by atoms with Gasteiger partial charge in [0.1, 0.15) is 0 Å². The van der Waals surface area contributed by atoms with E-state index >= 15 is 0 Å². The zero-order valence-electron chi connectivity index (χ0n) is 18.0. The zero-order valence-corrected chi connectivity index (χ0v) is 20.3. The maximum atomic E-state index is 5.77. The fourth-order valence-corrected chi connectivity index (χ4v) is 3.34. The first-order valence-electron chi connectivity index (χ1n) is 10.6. The van der Waals surface area contributed by atoms with Crippen molar-refractivity contribution in [3.05, 3.63) is 0 Å². The number of rotatable bonds is 11. The average molecular weight is 495 g/mol. The maximum Gasteiger partial charge on any atom is 0.193 e. The van der Waals surface area contributed by atoms with Crippen molar-refractivity contribution in [2.75, 3.05) is 79.2 Å². The summed E-state index contributed by atoms with van der Waals surface area (Å²) in [6.07, 6.45) is 2.70. The summed E-state index contributed by atoms with van der Waals surface area (Å²) in [5.41, 5.74) is 0. The van der Waals surface area contributed by atoms with Crippen LogP contribution in [0.25, 0.3) is 0 Å². The Bertz CT molecular complexity index is 411. The van der Waals surface area contributed by atoms with Crippen molar-refractivity contribution < 1.29 is 4.74 Å². The Balaban J connectivity index is 0.00000364. The number of aliphatic imine (C=N–C) groups is 1. The molecule has 7 heteroatoms. The highest BCUT2D eigenvalue weighted by atomic mass is 127. The van der Waals surface area contributed by atoms with Crippen LogP contribution in [0.4, 0.5) is 0 Å². The van der Waals surface area contributed by atoms with Crippen molar-refractivity contribution in [3.63, 3.8) is 0 Å². The van der Waals surface area contributed by atoms with Crippen LogP contribution >= 0.6 is 24.0 Å². The van der Waals surface area contributed by atoms with E-state index in [9.17, 15) is 0 Å². The molecule has 1 saturated heterocycles. The number of hydrogen-bond acceptors (Lipinski definition) is 4. The van der Waals surface area contributed by atoms with Gasteiger partial charge in [0.05, 0.1) is 6.61 Å². The van der Waals surface area contributed by atoms with Crippen molar-refractivity contribution >= 4 is 29.9 Å². The molecule has 1 unspecified atom stereocenters. The third-order valence-corrected chi connectivity index (χ3v) is 5.35. The van der Waals surface area contributed by atoms with E-state index in [0.717, 1.165) is 51.3 Å². The molecule has 0 aromatic heterocycles. The van der Waals surface area contributed by atoms with E-state index in [-0.39, 0.29) is 24.0 Å². The molecule has 1 N–H and O–H groups in total. The third kappa shape index (κ3) is 10.3. The van der Waals surface area contributed by atoms with Crippen LogP contribution in [0.3, 0.4) is 0 Å². The molecule has 0 amide bonds. The molecule has 0 spiro atoms. The molecule has 2 rings (SSSR count). The molecule has 0 aromatic carbocycles. The minimum absolute atomic E-state index is 0. The Morgan fingerprint density at radius 3 is 2.44 bits per heavy atom. The van der Waals surface area contributed by atoms with Gasteiger partial charge < -0.3 is 24.8 Å². The van der Waals surface area contributed by atoms with Crippen LogP contribution in [0.5, 0.6) is 0 Å². The van der Waals surface area contributed by atoms with Gasteiger partial charge in [-0.1, -0.05) is 13.8 Å². The number of piperazine rings is 1. The predicted molar refractivity (Wildman–Crippen MR) is 125 cm³/mol. The Morgan fingerprint density at radius 1 is 1.19 bits per heavy atom. The molecule has 0 radical (unpaired) electrons.